The van der Waals surface area contributed by atoms with E-state index in [-0.39, 0.29) is 28.9 Å². The summed E-state index contributed by atoms with van der Waals surface area (Å²) >= 11 is 0. The van der Waals surface area contributed by atoms with Gasteiger partial charge in [-0.2, -0.15) is 0 Å². The first-order valence-electron chi connectivity index (χ1n) is 34.4. The van der Waals surface area contributed by atoms with Gasteiger partial charge in [-0.25, -0.2) is 19.2 Å². The lowest BCUT2D eigenvalue weighted by Gasteiger charge is -2.51. The van der Waals surface area contributed by atoms with Crippen LogP contribution < -0.4 is 5.32 Å². The first kappa shape index (κ1) is 79.9. The second kappa shape index (κ2) is 39.2. The van der Waals surface area contributed by atoms with Crippen LogP contribution in [-0.4, -0.2) is 207 Å². The van der Waals surface area contributed by atoms with Crippen LogP contribution >= 0.6 is 0 Å². The monoisotopic (exact) mass is 1440 g/mol. The Bertz CT molecular complexity index is 3440. The Kier molecular flexibility index (Phi) is 30.4. The molecule has 0 unspecified atom stereocenters. The van der Waals surface area contributed by atoms with Crippen molar-refractivity contribution in [1.82, 2.24) is 5.32 Å². The van der Waals surface area contributed by atoms with Crippen molar-refractivity contribution in [2.75, 3.05) is 19.8 Å². The SMILES string of the molecule is CCCCCCCCCCO[C@@H]1O[C@@H](C)[C@H](OC(=O)c2ccccc2)[C@@H](O[C@H]2O[C@H](COC(C)=O)[C@@H](OC(C)=O)[C@H](O[C@H]3O[C@H](COC(C)=O)[C@H](OC(C)=O)[C@H](OC(C)=O)[C@H]3O[C@@H]3O[C@@H](C)[C@H](OC(=O)c4ccccc4)[C@@H](O)[C@H]3OC(=O)c3ccccc3)[C@H]2NC(C)=O)[C@H]1OC(=O)c1ccccc1. The number of hydrogen-bond donors (Lipinski definition) is 2. The summed E-state index contributed by atoms with van der Waals surface area (Å²) in [6, 6.07) is 29.1. The quantitative estimate of drug-likeness (QED) is 0.0284. The van der Waals surface area contributed by atoms with Gasteiger partial charge in [0.25, 0.3) is 0 Å². The summed E-state index contributed by atoms with van der Waals surface area (Å²) in [4.78, 5) is 137. The van der Waals surface area contributed by atoms with Crippen LogP contribution in [0, 0.1) is 0 Å². The molecular formula is C74H91NO28. The minimum absolute atomic E-state index is 0.0355. The largest absolute Gasteiger partial charge is 0.463 e. The number of carbonyl (C=O) groups is 10. The third kappa shape index (κ3) is 22.9. The molecule has 0 aliphatic carbocycles. The number of rotatable bonds is 32. The summed E-state index contributed by atoms with van der Waals surface area (Å²) in [6.07, 6.45) is -26.6. The van der Waals surface area contributed by atoms with Crippen molar-refractivity contribution in [1.29, 1.82) is 0 Å². The third-order valence-electron chi connectivity index (χ3n) is 17.1. The molecule has 0 spiro atoms. The Balaban J connectivity index is 1.28. The molecule has 0 radical (unpaired) electrons. The van der Waals surface area contributed by atoms with E-state index >= 15 is 0 Å². The molecule has 4 saturated heterocycles. The molecule has 29 nitrogen and oxygen atoms in total. The van der Waals surface area contributed by atoms with Crippen molar-refractivity contribution in [3.8, 4) is 0 Å². The fourth-order valence-electron chi connectivity index (χ4n) is 12.3. The number of aliphatic hydroxyl groups is 1. The normalized spacial score (nSPS) is 28.9. The van der Waals surface area contributed by atoms with Crippen LogP contribution in [-0.2, 0) is 109 Å². The predicted molar refractivity (Wildman–Crippen MR) is 355 cm³/mol. The van der Waals surface area contributed by atoms with Crippen LogP contribution in [0.5, 0.6) is 0 Å². The molecule has 0 bridgehead atoms. The van der Waals surface area contributed by atoms with E-state index in [9.17, 15) is 53.1 Å². The molecule has 0 aromatic heterocycles. The maximum Gasteiger partial charge on any atom is 0.338 e. The van der Waals surface area contributed by atoms with Gasteiger partial charge in [0.05, 0.1) is 34.5 Å². The first-order valence-corrected chi connectivity index (χ1v) is 34.4. The van der Waals surface area contributed by atoms with E-state index in [1.165, 1.54) is 67.6 Å². The number of benzene rings is 4. The zero-order chi connectivity index (χ0) is 74.3. The number of ether oxygens (including phenoxy) is 17. The van der Waals surface area contributed by atoms with E-state index in [0.29, 0.717) is 6.42 Å². The molecule has 8 rings (SSSR count). The lowest BCUT2D eigenvalue weighted by molar-refractivity contribution is -0.385. The van der Waals surface area contributed by atoms with Crippen molar-refractivity contribution in [3.05, 3.63) is 144 Å². The molecule has 4 heterocycles. The van der Waals surface area contributed by atoms with E-state index in [1.54, 1.807) is 67.6 Å². The average molecular weight is 1440 g/mol. The van der Waals surface area contributed by atoms with Gasteiger partial charge in [-0.3, -0.25) is 28.8 Å². The Morgan fingerprint density at radius 1 is 0.369 bits per heavy atom. The second-order valence-electron chi connectivity index (χ2n) is 25.1. The number of aliphatic hydroxyl groups excluding tert-OH is 1. The molecule has 560 valence electrons. The maximum atomic E-state index is 14.5. The highest BCUT2D eigenvalue weighted by Crippen LogP contribution is 2.40. The van der Waals surface area contributed by atoms with Gasteiger partial charge in [0.1, 0.15) is 49.8 Å². The minimum Gasteiger partial charge on any atom is -0.463 e. The zero-order valence-electron chi connectivity index (χ0n) is 58.8. The summed E-state index contributed by atoms with van der Waals surface area (Å²) < 4.78 is 107. The summed E-state index contributed by atoms with van der Waals surface area (Å²) in [5, 5.41) is 15.2. The van der Waals surface area contributed by atoms with Gasteiger partial charge in [0.15, 0.2) is 74.0 Å². The lowest BCUT2D eigenvalue weighted by atomic mass is 9.93. The van der Waals surface area contributed by atoms with E-state index in [1.807, 2.05) is 0 Å². The van der Waals surface area contributed by atoms with E-state index in [2.05, 4.69) is 12.2 Å². The second-order valence-corrected chi connectivity index (χ2v) is 25.1. The van der Waals surface area contributed by atoms with Crippen LogP contribution in [0.4, 0.5) is 0 Å². The van der Waals surface area contributed by atoms with Crippen molar-refractivity contribution < 1.29 is 134 Å². The summed E-state index contributed by atoms with van der Waals surface area (Å²) in [6.45, 7) is 9.80. The summed E-state index contributed by atoms with van der Waals surface area (Å²) in [7, 11) is 0. The van der Waals surface area contributed by atoms with Crippen molar-refractivity contribution >= 4 is 59.6 Å². The van der Waals surface area contributed by atoms with Gasteiger partial charge in [-0.1, -0.05) is 125 Å². The summed E-state index contributed by atoms with van der Waals surface area (Å²) in [5.41, 5.74) is 0.186. The van der Waals surface area contributed by atoms with Crippen LogP contribution in [0.15, 0.2) is 121 Å². The van der Waals surface area contributed by atoms with Crippen LogP contribution in [0.1, 0.15) is 155 Å². The molecule has 0 saturated carbocycles. The van der Waals surface area contributed by atoms with E-state index in [4.69, 9.17) is 80.5 Å². The number of carbonyl (C=O) groups excluding carboxylic acids is 10. The molecule has 20 atom stereocenters. The molecule has 29 heteroatoms. The maximum absolute atomic E-state index is 14.5. The highest BCUT2D eigenvalue weighted by atomic mass is 16.8. The molecule has 4 aliphatic heterocycles. The van der Waals surface area contributed by atoms with Crippen molar-refractivity contribution in [2.24, 2.45) is 0 Å². The lowest BCUT2D eigenvalue weighted by Crippen LogP contribution is -2.71. The predicted octanol–water partition coefficient (Wildman–Crippen LogP) is 6.93. The topological polar surface area (TPSA) is 360 Å². The number of amides is 1. The highest BCUT2D eigenvalue weighted by molar-refractivity contribution is 5.91. The van der Waals surface area contributed by atoms with Crippen molar-refractivity contribution in [2.45, 2.75) is 236 Å². The molecular weight excluding hydrogens is 1350 g/mol. The van der Waals surface area contributed by atoms with Crippen LogP contribution in [0.25, 0.3) is 0 Å². The molecule has 1 amide bonds. The van der Waals surface area contributed by atoms with Gasteiger partial charge in [-0.05, 0) is 68.8 Å². The van der Waals surface area contributed by atoms with Gasteiger partial charge in [-0.15, -0.1) is 0 Å². The van der Waals surface area contributed by atoms with E-state index < -0.39 is 196 Å². The highest BCUT2D eigenvalue weighted by Gasteiger charge is 2.61. The van der Waals surface area contributed by atoms with E-state index in [0.717, 1.165) is 86.5 Å². The Labute approximate surface area is 596 Å². The fraction of sp³-hybridized carbons (Fsp3) is 0.541. The molecule has 4 aliphatic rings. The zero-order valence-corrected chi connectivity index (χ0v) is 58.8. The summed E-state index contributed by atoms with van der Waals surface area (Å²) in [5.74, 6) is -9.47. The minimum atomic E-state index is -2.21. The average Bonchev–Trinajstić information content (AvgIpc) is 0.761. The number of esters is 9. The Hall–Kier alpha value is -8.78. The van der Waals surface area contributed by atoms with Crippen LogP contribution in [0.3, 0.4) is 0 Å². The number of hydrogen-bond acceptors (Lipinski definition) is 28. The Morgan fingerprint density at radius 2 is 0.738 bits per heavy atom. The van der Waals surface area contributed by atoms with Gasteiger partial charge < -0.3 is 90.9 Å². The molecule has 4 aromatic rings. The fourth-order valence-corrected chi connectivity index (χ4v) is 12.3. The van der Waals surface area contributed by atoms with Gasteiger partial charge in [0, 0.05) is 48.1 Å². The molecule has 2 N–H and O–H groups in total. The molecule has 4 aromatic carbocycles. The number of unbranched alkanes of at least 4 members (excludes halogenated alkanes) is 7. The Morgan fingerprint density at radius 3 is 1.19 bits per heavy atom. The van der Waals surface area contributed by atoms with Crippen molar-refractivity contribution in [3.63, 3.8) is 0 Å². The first-order chi connectivity index (χ1) is 49.4. The van der Waals surface area contributed by atoms with Gasteiger partial charge in [0.2, 0.25) is 5.91 Å². The van der Waals surface area contributed by atoms with Gasteiger partial charge >= 0.3 is 53.7 Å². The molecule has 4 fully saturated rings. The molecule has 103 heavy (non-hydrogen) atoms. The van der Waals surface area contributed by atoms with Crippen LogP contribution in [0.2, 0.25) is 0 Å². The smallest absolute Gasteiger partial charge is 0.338 e. The number of nitrogens with one attached hydrogen (secondary N) is 1. The standard InChI is InChI=1S/C74H91NO28/c1-10-11-12-13-14-15-16-29-38-87-72-65(100-70(86)52-36-27-20-28-37-52)63(58(42(3)90-72)98-68(84)50-32-23-18-24-33-50)102-71-55(75-43(4)76)61(59(92-46(7)79)53(95-71)39-88-44(5)77)101-74-66(64(94-48(9)81)60(93-47(8)80)54(96-74)40-89-45(6)78)103-73-62(99-69(85)51-34-25-19-26-35-51)56(82)57(41(2)91-73)97-67(83)49-30-21-17-22-31-49/h17-28,30-37,41-42,53-66,71-74,82H,10-16,29,38-40H2,1-9H3,(H,75,76)/t41-,42-,53+,54+,55+,56+,57-,58-,59+,60-,61+,62+,63+,64-,65+,66+,71+,72+,73-,74+/m0/s1. The third-order valence-corrected chi connectivity index (χ3v) is 17.1.